The predicted octanol–water partition coefficient (Wildman–Crippen LogP) is 0.638. The standard InChI is InChI=1S/C10H7N3O3S/c11-4-7-3-8-9(12-5-7)16-10(1-2-10)6-13-17(8,14)15/h3,5-6H,1-2H2. The van der Waals surface area contributed by atoms with Gasteiger partial charge in [0.1, 0.15) is 11.7 Å². The third kappa shape index (κ3) is 1.57. The molecule has 1 aliphatic heterocycles. The van der Waals surface area contributed by atoms with Gasteiger partial charge in [0, 0.05) is 6.20 Å². The van der Waals surface area contributed by atoms with Crippen LogP contribution in [0.25, 0.3) is 0 Å². The second-order valence-corrected chi connectivity index (χ2v) is 5.62. The second kappa shape index (κ2) is 3.05. The molecule has 0 aromatic carbocycles. The molecular formula is C10H7N3O3S. The van der Waals surface area contributed by atoms with Gasteiger partial charge in [-0.1, -0.05) is 0 Å². The van der Waals surface area contributed by atoms with Gasteiger partial charge in [0.2, 0.25) is 5.88 Å². The van der Waals surface area contributed by atoms with Crippen LogP contribution in [0, 0.1) is 11.3 Å². The van der Waals surface area contributed by atoms with Gasteiger partial charge in [-0.3, -0.25) is 0 Å². The van der Waals surface area contributed by atoms with Crippen LogP contribution in [0.4, 0.5) is 0 Å². The molecule has 1 saturated carbocycles. The number of nitrogens with zero attached hydrogens (tertiary/aromatic N) is 3. The van der Waals surface area contributed by atoms with Gasteiger partial charge in [0.05, 0.1) is 11.8 Å². The second-order valence-electron chi connectivity index (χ2n) is 4.02. The highest BCUT2D eigenvalue weighted by Crippen LogP contribution is 2.42. The quantitative estimate of drug-likeness (QED) is 0.672. The Hall–Kier alpha value is -1.94. The lowest BCUT2D eigenvalue weighted by Gasteiger charge is -2.10. The van der Waals surface area contributed by atoms with E-state index >= 15 is 0 Å². The van der Waals surface area contributed by atoms with E-state index in [2.05, 4.69) is 9.38 Å². The molecule has 6 nitrogen and oxygen atoms in total. The largest absolute Gasteiger partial charge is 0.464 e. The Morgan fingerprint density at radius 1 is 1.47 bits per heavy atom. The van der Waals surface area contributed by atoms with Crippen molar-refractivity contribution in [1.29, 1.82) is 5.26 Å². The summed E-state index contributed by atoms with van der Waals surface area (Å²) in [6.07, 6.45) is 4.06. The van der Waals surface area contributed by atoms with Crippen LogP contribution in [-0.4, -0.2) is 25.2 Å². The molecule has 1 fully saturated rings. The number of nitriles is 1. The zero-order valence-electron chi connectivity index (χ0n) is 8.62. The first-order valence-electron chi connectivity index (χ1n) is 4.95. The van der Waals surface area contributed by atoms with Crippen molar-refractivity contribution in [3.8, 4) is 11.9 Å². The van der Waals surface area contributed by atoms with Crippen molar-refractivity contribution in [3.63, 3.8) is 0 Å². The molecule has 0 N–H and O–H groups in total. The molecule has 0 amide bonds. The molecule has 0 radical (unpaired) electrons. The third-order valence-electron chi connectivity index (χ3n) is 2.69. The van der Waals surface area contributed by atoms with Crippen molar-refractivity contribution in [2.75, 3.05) is 0 Å². The van der Waals surface area contributed by atoms with Crippen molar-refractivity contribution in [1.82, 2.24) is 4.98 Å². The molecule has 1 aromatic heterocycles. The van der Waals surface area contributed by atoms with Gasteiger partial charge in [-0.15, -0.1) is 0 Å². The van der Waals surface area contributed by atoms with Gasteiger partial charge in [0.15, 0.2) is 4.90 Å². The normalized spacial score (nSPS) is 22.1. The summed E-state index contributed by atoms with van der Waals surface area (Å²) >= 11 is 0. The van der Waals surface area contributed by atoms with E-state index in [9.17, 15) is 8.42 Å². The summed E-state index contributed by atoms with van der Waals surface area (Å²) in [5.41, 5.74) is -0.447. The van der Waals surface area contributed by atoms with E-state index in [0.29, 0.717) is 0 Å². The fraction of sp³-hybridized carbons (Fsp3) is 0.300. The first-order chi connectivity index (χ1) is 8.05. The molecular weight excluding hydrogens is 242 g/mol. The Morgan fingerprint density at radius 2 is 2.24 bits per heavy atom. The van der Waals surface area contributed by atoms with Crippen LogP contribution >= 0.6 is 0 Å². The van der Waals surface area contributed by atoms with Crippen LogP contribution in [0.2, 0.25) is 0 Å². The molecule has 2 heterocycles. The average molecular weight is 249 g/mol. The summed E-state index contributed by atoms with van der Waals surface area (Å²) in [7, 11) is -3.81. The fourth-order valence-electron chi connectivity index (χ4n) is 1.55. The van der Waals surface area contributed by atoms with Crippen molar-refractivity contribution >= 4 is 16.2 Å². The number of rotatable bonds is 0. The van der Waals surface area contributed by atoms with E-state index in [0.717, 1.165) is 12.8 Å². The van der Waals surface area contributed by atoms with E-state index in [4.69, 9.17) is 10.00 Å². The SMILES string of the molecule is N#Cc1cnc2c(c1)S(=O)(=O)N=CC1(CC1)O2. The Bertz CT molecular complexity index is 669. The minimum atomic E-state index is -3.81. The highest BCUT2D eigenvalue weighted by Gasteiger charge is 2.47. The highest BCUT2D eigenvalue weighted by atomic mass is 32.2. The molecule has 0 bridgehead atoms. The summed E-state index contributed by atoms with van der Waals surface area (Å²) in [5.74, 6) is 0.0269. The van der Waals surface area contributed by atoms with Crippen molar-refractivity contribution in [2.45, 2.75) is 23.3 Å². The smallest absolute Gasteiger partial charge is 0.287 e. The minimum absolute atomic E-state index is 0.0269. The van der Waals surface area contributed by atoms with E-state index in [1.165, 1.54) is 18.5 Å². The highest BCUT2D eigenvalue weighted by molar-refractivity contribution is 7.90. The number of hydrogen-bond acceptors (Lipinski definition) is 5. The van der Waals surface area contributed by atoms with Gasteiger partial charge in [-0.05, 0) is 18.9 Å². The maximum Gasteiger partial charge on any atom is 0.287 e. The third-order valence-corrected chi connectivity index (χ3v) is 3.93. The molecule has 0 saturated heterocycles. The van der Waals surface area contributed by atoms with Crippen LogP contribution in [0.3, 0.4) is 0 Å². The lowest BCUT2D eigenvalue weighted by Crippen LogP contribution is -2.19. The Balaban J connectivity index is 2.24. The summed E-state index contributed by atoms with van der Waals surface area (Å²) < 4.78 is 32.8. The van der Waals surface area contributed by atoms with Gasteiger partial charge in [0.25, 0.3) is 10.0 Å². The van der Waals surface area contributed by atoms with E-state index in [-0.39, 0.29) is 16.3 Å². The van der Waals surface area contributed by atoms with Gasteiger partial charge in [-0.25, -0.2) is 4.98 Å². The minimum Gasteiger partial charge on any atom is -0.464 e. The number of fused-ring (bicyclic) bond motifs is 1. The summed E-state index contributed by atoms with van der Waals surface area (Å²) in [5, 5.41) is 8.73. The van der Waals surface area contributed by atoms with Crippen molar-refractivity contribution in [2.24, 2.45) is 4.40 Å². The molecule has 0 atom stereocenters. The average Bonchev–Trinajstić information content (AvgIpc) is 3.08. The fourth-order valence-corrected chi connectivity index (χ4v) is 2.59. The molecule has 1 spiro atoms. The molecule has 1 aliphatic carbocycles. The number of sulfonamides is 1. The lowest BCUT2D eigenvalue weighted by atomic mass is 10.3. The zero-order chi connectivity index (χ0) is 12.1. The van der Waals surface area contributed by atoms with Crippen molar-refractivity contribution < 1.29 is 13.2 Å². The van der Waals surface area contributed by atoms with Gasteiger partial charge in [-0.2, -0.15) is 18.1 Å². The van der Waals surface area contributed by atoms with Crippen LogP contribution in [0.1, 0.15) is 18.4 Å². The molecule has 17 heavy (non-hydrogen) atoms. The summed E-state index contributed by atoms with van der Waals surface area (Å²) in [6, 6.07) is 3.07. The van der Waals surface area contributed by atoms with Crippen LogP contribution in [0.15, 0.2) is 21.6 Å². The summed E-state index contributed by atoms with van der Waals surface area (Å²) in [6.45, 7) is 0. The first kappa shape index (κ1) is 10.2. The lowest BCUT2D eigenvalue weighted by molar-refractivity contribution is 0.238. The molecule has 3 rings (SSSR count). The van der Waals surface area contributed by atoms with Gasteiger partial charge < -0.3 is 4.74 Å². The van der Waals surface area contributed by atoms with Crippen LogP contribution < -0.4 is 4.74 Å². The maximum atomic E-state index is 11.8. The van der Waals surface area contributed by atoms with E-state index in [1.807, 2.05) is 6.07 Å². The molecule has 86 valence electrons. The monoisotopic (exact) mass is 249 g/mol. The number of aromatic nitrogens is 1. The predicted molar refractivity (Wildman–Crippen MR) is 57.2 cm³/mol. The Kier molecular flexibility index (Phi) is 1.83. The van der Waals surface area contributed by atoms with E-state index in [1.54, 1.807) is 0 Å². The first-order valence-corrected chi connectivity index (χ1v) is 6.39. The van der Waals surface area contributed by atoms with Crippen molar-refractivity contribution in [3.05, 3.63) is 17.8 Å². The number of ether oxygens (including phenoxy) is 1. The Morgan fingerprint density at radius 3 is 2.88 bits per heavy atom. The molecule has 0 unspecified atom stereocenters. The summed E-state index contributed by atoms with van der Waals surface area (Å²) in [4.78, 5) is 3.74. The number of hydrogen-bond donors (Lipinski definition) is 0. The molecule has 7 heteroatoms. The van der Waals surface area contributed by atoms with Crippen LogP contribution in [0.5, 0.6) is 5.88 Å². The maximum absolute atomic E-state index is 11.8. The number of pyridine rings is 1. The van der Waals surface area contributed by atoms with Gasteiger partial charge >= 0.3 is 0 Å². The molecule has 1 aromatic rings. The zero-order valence-corrected chi connectivity index (χ0v) is 9.44. The van der Waals surface area contributed by atoms with E-state index < -0.39 is 15.6 Å². The Labute approximate surface area is 97.6 Å². The topological polar surface area (TPSA) is 92.4 Å². The molecule has 2 aliphatic rings. The van der Waals surface area contributed by atoms with Crippen LogP contribution in [-0.2, 0) is 10.0 Å².